The van der Waals surface area contributed by atoms with Crippen LogP contribution >= 0.6 is 22.9 Å². The van der Waals surface area contributed by atoms with Gasteiger partial charge in [-0.15, -0.1) is 11.3 Å². The predicted molar refractivity (Wildman–Crippen MR) is 141 cm³/mol. The molecule has 1 unspecified atom stereocenters. The zero-order valence-electron chi connectivity index (χ0n) is 20.3. The second kappa shape index (κ2) is 10.6. The van der Waals surface area contributed by atoms with Crippen LogP contribution in [-0.4, -0.2) is 28.8 Å². The number of carboxylic acid groups (broad SMARTS) is 1. The van der Waals surface area contributed by atoms with E-state index in [4.69, 9.17) is 25.5 Å². The van der Waals surface area contributed by atoms with Crippen molar-refractivity contribution < 1.29 is 23.8 Å². The number of halogens is 1. The molecule has 0 spiro atoms. The summed E-state index contributed by atoms with van der Waals surface area (Å²) < 4.78 is 19.1. The molecule has 1 aliphatic rings. The van der Waals surface area contributed by atoms with E-state index < -0.39 is 5.97 Å². The summed E-state index contributed by atoms with van der Waals surface area (Å²) in [5, 5.41) is 11.0. The molecule has 0 bridgehead atoms. The lowest BCUT2D eigenvalue weighted by Gasteiger charge is -2.29. The lowest BCUT2D eigenvalue weighted by atomic mass is 9.88. The van der Waals surface area contributed by atoms with Crippen molar-refractivity contribution >= 4 is 39.0 Å². The Hall–Kier alpha value is -2.87. The Morgan fingerprint density at radius 1 is 1.19 bits per heavy atom. The van der Waals surface area contributed by atoms with Crippen LogP contribution in [0, 0.1) is 19.8 Å². The Balaban J connectivity index is 1.20. The topological polar surface area (TPSA) is 81.8 Å². The molecular weight excluding hydrogens is 498 g/mol. The van der Waals surface area contributed by atoms with E-state index in [-0.39, 0.29) is 16.9 Å². The highest BCUT2D eigenvalue weighted by molar-refractivity contribution is 7.21. The fourth-order valence-corrected chi connectivity index (χ4v) is 5.92. The summed E-state index contributed by atoms with van der Waals surface area (Å²) in [7, 11) is 0. The van der Waals surface area contributed by atoms with Crippen molar-refractivity contribution in [3.8, 4) is 17.2 Å². The van der Waals surface area contributed by atoms with E-state index in [0.717, 1.165) is 52.8 Å². The van der Waals surface area contributed by atoms with Crippen LogP contribution in [0.2, 0.25) is 5.02 Å². The summed E-state index contributed by atoms with van der Waals surface area (Å²) in [6.45, 7) is 4.82. The van der Waals surface area contributed by atoms with Crippen LogP contribution in [0.3, 0.4) is 0 Å². The summed E-state index contributed by atoms with van der Waals surface area (Å²) in [5.41, 5.74) is 2.96. The molecule has 0 radical (unpaired) electrons. The van der Waals surface area contributed by atoms with E-state index in [1.165, 1.54) is 16.9 Å². The summed E-state index contributed by atoms with van der Waals surface area (Å²) in [4.78, 5) is 16.7. The maximum absolute atomic E-state index is 11.8. The normalized spacial score (nSPS) is 18.0. The molecule has 8 heteroatoms. The van der Waals surface area contributed by atoms with Gasteiger partial charge in [-0.2, -0.15) is 0 Å². The largest absolute Gasteiger partial charge is 0.491 e. The average molecular weight is 526 g/mol. The number of benzene rings is 2. The van der Waals surface area contributed by atoms with Gasteiger partial charge in [-0.25, -0.2) is 9.78 Å². The molecule has 0 saturated heterocycles. The molecule has 0 aliphatic heterocycles. The lowest BCUT2D eigenvalue weighted by Crippen LogP contribution is -2.26. The molecule has 2 aromatic carbocycles. The van der Waals surface area contributed by atoms with Crippen molar-refractivity contribution in [3.05, 3.63) is 69.4 Å². The van der Waals surface area contributed by atoms with Gasteiger partial charge in [0.25, 0.3) is 0 Å². The van der Waals surface area contributed by atoms with Crippen molar-refractivity contribution in [1.82, 2.24) is 4.98 Å². The molecule has 188 valence electrons. The molecule has 1 saturated carbocycles. The van der Waals surface area contributed by atoms with E-state index >= 15 is 0 Å². The van der Waals surface area contributed by atoms with Gasteiger partial charge in [0, 0.05) is 20.7 Å². The number of aromatic carboxylic acids is 1. The van der Waals surface area contributed by atoms with Gasteiger partial charge in [0.15, 0.2) is 10.6 Å². The second-order valence-corrected chi connectivity index (χ2v) is 10.9. The van der Waals surface area contributed by atoms with Crippen LogP contribution < -0.4 is 4.74 Å². The van der Waals surface area contributed by atoms with Crippen molar-refractivity contribution in [1.29, 1.82) is 0 Å². The molecule has 1 fully saturated rings. The first-order chi connectivity index (χ1) is 17.4. The van der Waals surface area contributed by atoms with E-state index in [2.05, 4.69) is 11.9 Å². The fraction of sp³-hybridized carbons (Fsp3) is 0.357. The first-order valence-corrected chi connectivity index (χ1v) is 13.3. The van der Waals surface area contributed by atoms with Gasteiger partial charge >= 0.3 is 5.97 Å². The number of aryl methyl sites for hydroxylation is 2. The fourth-order valence-electron chi connectivity index (χ4n) is 4.65. The van der Waals surface area contributed by atoms with Gasteiger partial charge in [0.05, 0.1) is 19.3 Å². The minimum atomic E-state index is -0.986. The van der Waals surface area contributed by atoms with Crippen LogP contribution in [0.25, 0.3) is 21.5 Å². The Kier molecular flexibility index (Phi) is 7.32. The first kappa shape index (κ1) is 24.8. The third-order valence-corrected chi connectivity index (χ3v) is 8.00. The van der Waals surface area contributed by atoms with Crippen molar-refractivity contribution in [2.24, 2.45) is 5.92 Å². The number of hydrogen-bond donors (Lipinski definition) is 1. The maximum Gasteiger partial charge on any atom is 0.349 e. The van der Waals surface area contributed by atoms with Crippen LogP contribution in [0.15, 0.2) is 46.9 Å². The Labute approximate surface area is 218 Å². The number of hydrogen-bond acceptors (Lipinski definition) is 6. The van der Waals surface area contributed by atoms with Crippen LogP contribution in [0.5, 0.6) is 5.75 Å². The molecule has 4 aromatic rings. The number of ether oxygens (including phenoxy) is 2. The summed E-state index contributed by atoms with van der Waals surface area (Å²) in [6, 6.07) is 13.5. The Morgan fingerprint density at radius 2 is 2.00 bits per heavy atom. The minimum absolute atomic E-state index is 0.100. The molecular formula is C28H28ClNO5S. The zero-order valence-corrected chi connectivity index (χ0v) is 21.8. The van der Waals surface area contributed by atoms with Crippen molar-refractivity contribution in [3.63, 3.8) is 0 Å². The molecule has 2 aromatic heterocycles. The predicted octanol–water partition coefficient (Wildman–Crippen LogP) is 7.68. The SMILES string of the molecule is Cc1ccc(-c2nc(COC3CCC[C@@H](COc4c(C(=O)O)sc5cc(Cl)ccc45)C3)c(C)o2)cc1. The number of nitrogens with zero attached hydrogens (tertiary/aromatic N) is 1. The van der Waals surface area contributed by atoms with Gasteiger partial charge in [-0.3, -0.25) is 0 Å². The highest BCUT2D eigenvalue weighted by Gasteiger charge is 2.26. The van der Waals surface area contributed by atoms with Crippen molar-refractivity contribution in [2.45, 2.75) is 52.2 Å². The molecule has 6 nitrogen and oxygen atoms in total. The molecule has 1 aliphatic carbocycles. The Morgan fingerprint density at radius 3 is 2.78 bits per heavy atom. The molecule has 5 rings (SSSR count). The quantitative estimate of drug-likeness (QED) is 0.254. The highest BCUT2D eigenvalue weighted by atomic mass is 35.5. The van der Waals surface area contributed by atoms with E-state index in [9.17, 15) is 9.90 Å². The number of rotatable bonds is 8. The monoisotopic (exact) mass is 525 g/mol. The first-order valence-electron chi connectivity index (χ1n) is 12.1. The average Bonchev–Trinajstić information content (AvgIpc) is 3.42. The van der Waals surface area contributed by atoms with Gasteiger partial charge < -0.3 is 19.0 Å². The van der Waals surface area contributed by atoms with Gasteiger partial charge in [0.1, 0.15) is 11.5 Å². The van der Waals surface area contributed by atoms with E-state index in [1.54, 1.807) is 12.1 Å². The number of oxazole rings is 1. The summed E-state index contributed by atoms with van der Waals surface area (Å²) >= 11 is 7.28. The standard InChI is InChI=1S/C28H28ClNO5S/c1-16-6-8-19(9-7-16)27-30-23(17(2)35-27)15-33-21-5-3-4-18(12-21)14-34-25-22-11-10-20(29)13-24(22)36-26(25)28(31)32/h6-11,13,18,21H,3-5,12,14-15H2,1-2H3,(H,31,32)/t18-,21?/m1/s1. The molecule has 2 heterocycles. The minimum Gasteiger partial charge on any atom is -0.491 e. The summed E-state index contributed by atoms with van der Waals surface area (Å²) in [5.74, 6) is 1.12. The number of fused-ring (bicyclic) bond motifs is 1. The number of thiophene rings is 1. The van der Waals surface area contributed by atoms with Gasteiger partial charge in [-0.1, -0.05) is 35.7 Å². The smallest absolute Gasteiger partial charge is 0.349 e. The number of aromatic nitrogens is 1. The third-order valence-electron chi connectivity index (χ3n) is 6.65. The molecule has 0 amide bonds. The number of carboxylic acids is 1. The molecule has 36 heavy (non-hydrogen) atoms. The second-order valence-electron chi connectivity index (χ2n) is 9.37. The van der Waals surface area contributed by atoms with Crippen LogP contribution in [0.1, 0.15) is 52.4 Å². The van der Waals surface area contributed by atoms with E-state index in [1.807, 2.05) is 37.3 Å². The van der Waals surface area contributed by atoms with Crippen molar-refractivity contribution in [2.75, 3.05) is 6.61 Å². The number of carbonyl (C=O) groups is 1. The van der Waals surface area contributed by atoms with Crippen LogP contribution in [0.4, 0.5) is 0 Å². The highest BCUT2D eigenvalue weighted by Crippen LogP contribution is 2.40. The van der Waals surface area contributed by atoms with Gasteiger partial charge in [-0.05, 0) is 69.4 Å². The lowest BCUT2D eigenvalue weighted by molar-refractivity contribution is -0.00591. The third kappa shape index (κ3) is 5.43. The van der Waals surface area contributed by atoms with Crippen LogP contribution in [-0.2, 0) is 11.3 Å². The van der Waals surface area contributed by atoms with Gasteiger partial charge in [0.2, 0.25) is 5.89 Å². The zero-order chi connectivity index (χ0) is 25.2. The molecule has 2 atom stereocenters. The Bertz CT molecular complexity index is 1380. The van der Waals surface area contributed by atoms with E-state index in [0.29, 0.717) is 29.9 Å². The molecule has 1 N–H and O–H groups in total. The summed E-state index contributed by atoms with van der Waals surface area (Å²) in [6.07, 6.45) is 4.01. The maximum atomic E-state index is 11.8.